The summed E-state index contributed by atoms with van der Waals surface area (Å²) < 4.78 is 5.30. The molecule has 24 heavy (non-hydrogen) atoms. The number of hydrogen-bond acceptors (Lipinski definition) is 6. The van der Waals surface area contributed by atoms with E-state index < -0.39 is 17.9 Å². The number of carbonyl (C=O) groups excluding carboxylic acids is 1. The van der Waals surface area contributed by atoms with Crippen LogP contribution in [0.2, 0.25) is 0 Å². The highest BCUT2D eigenvalue weighted by molar-refractivity contribution is 5.95. The summed E-state index contributed by atoms with van der Waals surface area (Å²) in [6.45, 7) is 3.85. The Hall–Kier alpha value is -2.77. The van der Waals surface area contributed by atoms with Crippen LogP contribution in [0.5, 0.6) is 0 Å². The summed E-state index contributed by atoms with van der Waals surface area (Å²) in [7, 11) is 0. The Bertz CT molecular complexity index is 767. The van der Waals surface area contributed by atoms with Crippen molar-refractivity contribution in [3.8, 4) is 0 Å². The summed E-state index contributed by atoms with van der Waals surface area (Å²) in [5.41, 5.74) is 0.0348. The maximum atomic E-state index is 12.4. The van der Waals surface area contributed by atoms with Gasteiger partial charge in [-0.2, -0.15) is 4.98 Å². The lowest BCUT2D eigenvalue weighted by Gasteiger charge is -2.18. The Morgan fingerprint density at radius 3 is 2.75 bits per heavy atom. The molecule has 1 fully saturated rings. The first-order valence-corrected chi connectivity index (χ1v) is 7.79. The van der Waals surface area contributed by atoms with E-state index in [-0.39, 0.29) is 17.2 Å². The number of aromatic carboxylic acids is 1. The molecule has 1 aliphatic carbocycles. The Labute approximate surface area is 138 Å². The zero-order chi connectivity index (χ0) is 17.3. The molecule has 1 atom stereocenters. The molecule has 8 heteroatoms. The van der Waals surface area contributed by atoms with Crippen molar-refractivity contribution < 1.29 is 19.2 Å². The molecule has 2 heterocycles. The standard InChI is InChI=1S/C16H18N4O4/c1-8(2)12(15-19-13(20-24-15)9-3-4-9)18-14(21)11-7-10(16(22)23)5-6-17-11/h5-9,12H,3-4H2,1-2H3,(H,18,21)(H,22,23)/t12-/m0/s1. The highest BCUT2D eigenvalue weighted by atomic mass is 16.5. The van der Waals surface area contributed by atoms with Crippen molar-refractivity contribution in [1.29, 1.82) is 0 Å². The zero-order valence-electron chi connectivity index (χ0n) is 13.4. The minimum Gasteiger partial charge on any atom is -0.478 e. The van der Waals surface area contributed by atoms with E-state index in [0.29, 0.717) is 17.6 Å². The van der Waals surface area contributed by atoms with E-state index in [4.69, 9.17) is 9.63 Å². The summed E-state index contributed by atoms with van der Waals surface area (Å²) in [6.07, 6.45) is 3.41. The van der Waals surface area contributed by atoms with Gasteiger partial charge in [-0.25, -0.2) is 4.79 Å². The predicted octanol–water partition coefficient (Wildman–Crippen LogP) is 2.17. The molecule has 3 rings (SSSR count). The van der Waals surface area contributed by atoms with Gasteiger partial charge in [-0.05, 0) is 30.9 Å². The third-order valence-electron chi connectivity index (χ3n) is 3.86. The third kappa shape index (κ3) is 3.42. The van der Waals surface area contributed by atoms with Crippen molar-refractivity contribution in [3.63, 3.8) is 0 Å². The second-order valence-electron chi connectivity index (χ2n) is 6.20. The number of carboxylic acids is 1. The molecule has 0 saturated heterocycles. The van der Waals surface area contributed by atoms with Crippen LogP contribution in [0.15, 0.2) is 22.9 Å². The van der Waals surface area contributed by atoms with Crippen molar-refractivity contribution in [2.75, 3.05) is 0 Å². The Morgan fingerprint density at radius 2 is 2.12 bits per heavy atom. The summed E-state index contributed by atoms with van der Waals surface area (Å²) in [4.78, 5) is 31.7. The average Bonchev–Trinajstić information content (AvgIpc) is 3.30. The molecule has 0 spiro atoms. The van der Waals surface area contributed by atoms with Gasteiger partial charge in [0.05, 0.1) is 5.56 Å². The quantitative estimate of drug-likeness (QED) is 0.833. The van der Waals surface area contributed by atoms with E-state index in [1.165, 1.54) is 18.3 Å². The molecule has 2 aromatic rings. The molecule has 1 aliphatic rings. The van der Waals surface area contributed by atoms with Crippen LogP contribution < -0.4 is 5.32 Å². The largest absolute Gasteiger partial charge is 0.478 e. The van der Waals surface area contributed by atoms with Crippen molar-refractivity contribution >= 4 is 11.9 Å². The second kappa shape index (κ2) is 6.38. The third-order valence-corrected chi connectivity index (χ3v) is 3.86. The van der Waals surface area contributed by atoms with Crippen molar-refractivity contribution in [2.45, 2.75) is 38.6 Å². The number of amides is 1. The smallest absolute Gasteiger partial charge is 0.335 e. The van der Waals surface area contributed by atoms with Crippen LogP contribution in [-0.4, -0.2) is 32.1 Å². The van der Waals surface area contributed by atoms with Crippen molar-refractivity contribution in [1.82, 2.24) is 20.4 Å². The number of hydrogen-bond donors (Lipinski definition) is 2. The van der Waals surface area contributed by atoms with Gasteiger partial charge in [0, 0.05) is 12.1 Å². The molecule has 0 aliphatic heterocycles. The summed E-state index contributed by atoms with van der Waals surface area (Å²) in [5, 5.41) is 15.8. The number of carboxylic acid groups (broad SMARTS) is 1. The van der Waals surface area contributed by atoms with Gasteiger partial charge >= 0.3 is 5.97 Å². The summed E-state index contributed by atoms with van der Waals surface area (Å²) in [6, 6.07) is 2.10. The van der Waals surface area contributed by atoms with E-state index >= 15 is 0 Å². The fraction of sp³-hybridized carbons (Fsp3) is 0.438. The van der Waals surface area contributed by atoms with Gasteiger partial charge in [0.15, 0.2) is 5.82 Å². The fourth-order valence-corrected chi connectivity index (χ4v) is 2.30. The van der Waals surface area contributed by atoms with Gasteiger partial charge in [0.25, 0.3) is 5.91 Å². The van der Waals surface area contributed by atoms with E-state index in [9.17, 15) is 9.59 Å². The topological polar surface area (TPSA) is 118 Å². The van der Waals surface area contributed by atoms with Gasteiger partial charge < -0.3 is 14.9 Å². The number of pyridine rings is 1. The number of nitrogens with zero attached hydrogens (tertiary/aromatic N) is 3. The number of nitrogens with one attached hydrogen (secondary N) is 1. The molecular weight excluding hydrogens is 312 g/mol. The monoisotopic (exact) mass is 330 g/mol. The van der Waals surface area contributed by atoms with Crippen LogP contribution in [0.4, 0.5) is 0 Å². The molecule has 126 valence electrons. The van der Waals surface area contributed by atoms with Gasteiger partial charge in [-0.3, -0.25) is 9.78 Å². The molecular formula is C16H18N4O4. The first kappa shape index (κ1) is 16.1. The van der Waals surface area contributed by atoms with E-state index in [1.54, 1.807) is 0 Å². The molecule has 0 radical (unpaired) electrons. The predicted molar refractivity (Wildman–Crippen MR) is 82.5 cm³/mol. The average molecular weight is 330 g/mol. The van der Waals surface area contributed by atoms with Crippen molar-refractivity contribution in [3.05, 3.63) is 41.3 Å². The minimum absolute atomic E-state index is 0.00468. The Morgan fingerprint density at radius 1 is 1.38 bits per heavy atom. The number of carbonyl (C=O) groups is 2. The zero-order valence-corrected chi connectivity index (χ0v) is 13.4. The lowest BCUT2D eigenvalue weighted by molar-refractivity contribution is 0.0696. The van der Waals surface area contributed by atoms with Crippen LogP contribution in [0.1, 0.15) is 71.2 Å². The molecule has 0 aromatic carbocycles. The number of aromatic nitrogens is 3. The molecule has 1 amide bonds. The van der Waals surface area contributed by atoms with Crippen molar-refractivity contribution in [2.24, 2.45) is 5.92 Å². The lowest BCUT2D eigenvalue weighted by atomic mass is 10.0. The Kier molecular flexibility index (Phi) is 4.28. The molecule has 0 unspecified atom stereocenters. The van der Waals surface area contributed by atoms with E-state index in [0.717, 1.165) is 12.8 Å². The van der Waals surface area contributed by atoms with Gasteiger partial charge in [-0.15, -0.1) is 0 Å². The lowest BCUT2D eigenvalue weighted by Crippen LogP contribution is -2.32. The summed E-state index contributed by atoms with van der Waals surface area (Å²) in [5.74, 6) is -0.185. The first-order valence-electron chi connectivity index (χ1n) is 7.79. The van der Waals surface area contributed by atoms with Crippen LogP contribution >= 0.6 is 0 Å². The summed E-state index contributed by atoms with van der Waals surface area (Å²) >= 11 is 0. The van der Waals surface area contributed by atoms with Crippen LogP contribution in [-0.2, 0) is 0 Å². The first-order chi connectivity index (χ1) is 11.5. The fourth-order valence-electron chi connectivity index (χ4n) is 2.30. The maximum absolute atomic E-state index is 12.4. The van der Waals surface area contributed by atoms with E-state index in [2.05, 4.69) is 20.4 Å². The maximum Gasteiger partial charge on any atom is 0.335 e. The van der Waals surface area contributed by atoms with Crippen LogP contribution in [0.25, 0.3) is 0 Å². The van der Waals surface area contributed by atoms with Gasteiger partial charge in [-0.1, -0.05) is 19.0 Å². The normalized spacial score (nSPS) is 15.3. The van der Waals surface area contributed by atoms with E-state index in [1.807, 2.05) is 13.8 Å². The van der Waals surface area contributed by atoms with Crippen LogP contribution in [0, 0.1) is 5.92 Å². The molecule has 2 aromatic heterocycles. The molecule has 1 saturated carbocycles. The van der Waals surface area contributed by atoms with Gasteiger partial charge in [0.2, 0.25) is 5.89 Å². The Balaban J connectivity index is 1.78. The minimum atomic E-state index is -1.11. The van der Waals surface area contributed by atoms with Gasteiger partial charge in [0.1, 0.15) is 11.7 Å². The number of rotatable bonds is 6. The highest BCUT2D eigenvalue weighted by Gasteiger charge is 2.31. The van der Waals surface area contributed by atoms with Crippen LogP contribution in [0.3, 0.4) is 0 Å². The highest BCUT2D eigenvalue weighted by Crippen LogP contribution is 2.38. The molecule has 8 nitrogen and oxygen atoms in total. The second-order valence-corrected chi connectivity index (χ2v) is 6.20. The molecule has 0 bridgehead atoms. The molecule has 2 N–H and O–H groups in total. The SMILES string of the molecule is CC(C)[C@H](NC(=O)c1cc(C(=O)O)ccn1)c1nc(C2CC2)no1.